The number of nitrogens with zero attached hydrogens (tertiary/aromatic N) is 2. The van der Waals surface area contributed by atoms with Gasteiger partial charge in [-0.3, -0.25) is 5.43 Å². The molecule has 2 fully saturated rings. The standard InChI is InChI=1S/C11H24N4/c1-14-6-8-15(9-7-14)13-10-11-2-4-12-5-3-11/h11-13H,2-10H2,1H3. The van der Waals surface area contributed by atoms with Crippen molar-refractivity contribution >= 4 is 0 Å². The van der Waals surface area contributed by atoms with E-state index in [4.69, 9.17) is 0 Å². The number of nitrogens with one attached hydrogen (secondary N) is 2. The van der Waals surface area contributed by atoms with Gasteiger partial charge in [0.05, 0.1) is 0 Å². The van der Waals surface area contributed by atoms with E-state index in [1.165, 1.54) is 58.7 Å². The maximum atomic E-state index is 3.59. The van der Waals surface area contributed by atoms with Crippen LogP contribution in [0.5, 0.6) is 0 Å². The van der Waals surface area contributed by atoms with Crippen molar-refractivity contribution < 1.29 is 0 Å². The molecule has 0 radical (unpaired) electrons. The van der Waals surface area contributed by atoms with Gasteiger partial charge in [0, 0.05) is 32.7 Å². The number of hydrazine groups is 1. The fourth-order valence-electron chi connectivity index (χ4n) is 2.31. The van der Waals surface area contributed by atoms with Crippen LogP contribution in [0.15, 0.2) is 0 Å². The normalized spacial score (nSPS) is 27.0. The molecule has 0 amide bonds. The minimum atomic E-state index is 0.880. The molecular weight excluding hydrogens is 188 g/mol. The molecule has 0 aromatic heterocycles. The molecule has 2 aliphatic heterocycles. The summed E-state index contributed by atoms with van der Waals surface area (Å²) in [6.07, 6.45) is 2.67. The molecule has 0 bridgehead atoms. The second kappa shape index (κ2) is 5.80. The summed E-state index contributed by atoms with van der Waals surface area (Å²) in [6, 6.07) is 0. The molecule has 4 nitrogen and oxygen atoms in total. The highest BCUT2D eigenvalue weighted by molar-refractivity contribution is 4.72. The first-order chi connectivity index (χ1) is 7.34. The maximum Gasteiger partial charge on any atom is 0.0259 e. The zero-order valence-corrected chi connectivity index (χ0v) is 9.84. The van der Waals surface area contributed by atoms with Crippen LogP contribution in [0.25, 0.3) is 0 Å². The Balaban J connectivity index is 1.60. The fourth-order valence-corrected chi connectivity index (χ4v) is 2.31. The molecule has 0 aromatic carbocycles. The summed E-state index contributed by atoms with van der Waals surface area (Å²) >= 11 is 0. The maximum absolute atomic E-state index is 3.59. The van der Waals surface area contributed by atoms with E-state index in [-0.39, 0.29) is 0 Å². The minimum Gasteiger partial charge on any atom is -0.317 e. The SMILES string of the molecule is CN1CCN(NCC2CCNCC2)CC1. The average molecular weight is 212 g/mol. The number of hydrogen-bond donors (Lipinski definition) is 2. The highest BCUT2D eigenvalue weighted by Crippen LogP contribution is 2.10. The van der Waals surface area contributed by atoms with Crippen molar-refractivity contribution in [3.8, 4) is 0 Å². The van der Waals surface area contributed by atoms with Crippen molar-refractivity contribution in [2.75, 3.05) is 52.9 Å². The zero-order valence-electron chi connectivity index (χ0n) is 9.84. The first-order valence-corrected chi connectivity index (χ1v) is 6.22. The van der Waals surface area contributed by atoms with E-state index in [1.54, 1.807) is 0 Å². The minimum absolute atomic E-state index is 0.880. The Morgan fingerprint density at radius 2 is 1.80 bits per heavy atom. The molecule has 0 aromatic rings. The van der Waals surface area contributed by atoms with Gasteiger partial charge >= 0.3 is 0 Å². The zero-order chi connectivity index (χ0) is 10.5. The molecule has 2 aliphatic rings. The van der Waals surface area contributed by atoms with E-state index in [0.29, 0.717) is 0 Å². The Kier molecular flexibility index (Phi) is 4.38. The first-order valence-electron chi connectivity index (χ1n) is 6.22. The summed E-state index contributed by atoms with van der Waals surface area (Å²) in [5.41, 5.74) is 3.59. The monoisotopic (exact) mass is 212 g/mol. The second-order valence-electron chi connectivity index (χ2n) is 4.85. The lowest BCUT2D eigenvalue weighted by molar-refractivity contribution is 0.0948. The van der Waals surface area contributed by atoms with Crippen LogP contribution in [0.2, 0.25) is 0 Å². The smallest absolute Gasteiger partial charge is 0.0259 e. The average Bonchev–Trinajstić information content (AvgIpc) is 2.30. The first kappa shape index (κ1) is 11.3. The summed E-state index contributed by atoms with van der Waals surface area (Å²) < 4.78 is 0. The van der Waals surface area contributed by atoms with Crippen LogP contribution in [0, 0.1) is 5.92 Å². The molecule has 4 heteroatoms. The highest BCUT2D eigenvalue weighted by Gasteiger charge is 2.16. The molecule has 0 saturated carbocycles. The van der Waals surface area contributed by atoms with Gasteiger partial charge in [-0.05, 0) is 38.9 Å². The summed E-state index contributed by atoms with van der Waals surface area (Å²) in [5.74, 6) is 0.880. The van der Waals surface area contributed by atoms with Crippen molar-refractivity contribution in [1.29, 1.82) is 0 Å². The predicted molar refractivity (Wildman–Crippen MR) is 62.7 cm³/mol. The van der Waals surface area contributed by atoms with Crippen molar-refractivity contribution in [1.82, 2.24) is 20.7 Å². The molecule has 0 aliphatic carbocycles. The van der Waals surface area contributed by atoms with Crippen molar-refractivity contribution in [2.45, 2.75) is 12.8 Å². The van der Waals surface area contributed by atoms with Gasteiger partial charge in [-0.2, -0.15) is 0 Å². The van der Waals surface area contributed by atoms with E-state index in [1.807, 2.05) is 0 Å². The number of rotatable bonds is 3. The molecule has 0 unspecified atom stereocenters. The van der Waals surface area contributed by atoms with Crippen LogP contribution in [-0.4, -0.2) is 62.8 Å². The number of hydrogen-bond acceptors (Lipinski definition) is 4. The van der Waals surface area contributed by atoms with Crippen LogP contribution in [-0.2, 0) is 0 Å². The Labute approximate surface area is 93.0 Å². The van der Waals surface area contributed by atoms with E-state index >= 15 is 0 Å². The third-order valence-electron chi connectivity index (χ3n) is 3.57. The molecule has 2 N–H and O–H groups in total. The molecule has 88 valence electrons. The summed E-state index contributed by atoms with van der Waals surface area (Å²) in [5, 5.41) is 5.80. The Bertz CT molecular complexity index is 171. The Morgan fingerprint density at radius 3 is 2.47 bits per heavy atom. The van der Waals surface area contributed by atoms with Crippen LogP contribution >= 0.6 is 0 Å². The van der Waals surface area contributed by atoms with Crippen molar-refractivity contribution in [2.24, 2.45) is 5.92 Å². The van der Waals surface area contributed by atoms with E-state index in [2.05, 4.69) is 27.7 Å². The van der Waals surface area contributed by atoms with Gasteiger partial charge in [-0.15, -0.1) is 0 Å². The van der Waals surface area contributed by atoms with Gasteiger partial charge < -0.3 is 10.2 Å². The quantitative estimate of drug-likeness (QED) is 0.675. The number of piperazine rings is 1. The fraction of sp³-hybridized carbons (Fsp3) is 1.00. The molecule has 0 spiro atoms. The molecule has 2 heterocycles. The lowest BCUT2D eigenvalue weighted by Gasteiger charge is -2.34. The number of piperidine rings is 1. The van der Waals surface area contributed by atoms with Crippen LogP contribution in [0.4, 0.5) is 0 Å². The van der Waals surface area contributed by atoms with Crippen LogP contribution in [0.3, 0.4) is 0 Å². The summed E-state index contributed by atoms with van der Waals surface area (Å²) in [6.45, 7) is 8.30. The van der Waals surface area contributed by atoms with Gasteiger partial charge in [-0.25, -0.2) is 5.01 Å². The van der Waals surface area contributed by atoms with Gasteiger partial charge in [0.15, 0.2) is 0 Å². The Hall–Kier alpha value is -0.160. The van der Waals surface area contributed by atoms with E-state index in [0.717, 1.165) is 5.92 Å². The van der Waals surface area contributed by atoms with Gasteiger partial charge in [0.1, 0.15) is 0 Å². The van der Waals surface area contributed by atoms with E-state index in [9.17, 15) is 0 Å². The van der Waals surface area contributed by atoms with Gasteiger partial charge in [0.2, 0.25) is 0 Å². The molecule has 0 atom stereocenters. The predicted octanol–water partition coefficient (Wildman–Crippen LogP) is -0.262. The van der Waals surface area contributed by atoms with Gasteiger partial charge in [-0.1, -0.05) is 0 Å². The summed E-state index contributed by atoms with van der Waals surface area (Å²) in [4.78, 5) is 2.39. The largest absolute Gasteiger partial charge is 0.317 e. The topological polar surface area (TPSA) is 30.5 Å². The van der Waals surface area contributed by atoms with Crippen LogP contribution < -0.4 is 10.7 Å². The third kappa shape index (κ3) is 3.72. The molecule has 2 saturated heterocycles. The lowest BCUT2D eigenvalue weighted by atomic mass is 9.99. The second-order valence-corrected chi connectivity index (χ2v) is 4.85. The van der Waals surface area contributed by atoms with E-state index < -0.39 is 0 Å². The Morgan fingerprint density at radius 1 is 1.13 bits per heavy atom. The highest BCUT2D eigenvalue weighted by atomic mass is 15.5. The summed E-state index contributed by atoms with van der Waals surface area (Å²) in [7, 11) is 2.20. The molecule has 2 rings (SSSR count). The molecule has 15 heavy (non-hydrogen) atoms. The molecular formula is C11H24N4. The van der Waals surface area contributed by atoms with Crippen molar-refractivity contribution in [3.05, 3.63) is 0 Å². The lowest BCUT2D eigenvalue weighted by Crippen LogP contribution is -2.52. The van der Waals surface area contributed by atoms with Crippen LogP contribution in [0.1, 0.15) is 12.8 Å². The van der Waals surface area contributed by atoms with Gasteiger partial charge in [0.25, 0.3) is 0 Å². The third-order valence-corrected chi connectivity index (χ3v) is 3.57. The number of likely N-dealkylation sites (N-methyl/N-ethyl adjacent to an activating group) is 1. The van der Waals surface area contributed by atoms with Crippen molar-refractivity contribution in [3.63, 3.8) is 0 Å².